The van der Waals surface area contributed by atoms with Crippen LogP contribution >= 0.6 is 0 Å². The number of hydrogen-bond acceptors (Lipinski definition) is 2. The molecule has 0 amide bonds. The standard InChI is InChI=1S/C14H14F2N2/c15-14(16)7-13(8-14,9-17)11-5-10-3-1-2-4-12(10)18-6-11/h1-6H,7-9,17H2. The summed E-state index contributed by atoms with van der Waals surface area (Å²) < 4.78 is 26.3. The van der Waals surface area contributed by atoms with E-state index >= 15 is 0 Å². The van der Waals surface area contributed by atoms with Gasteiger partial charge in [-0.3, -0.25) is 4.98 Å². The summed E-state index contributed by atoms with van der Waals surface area (Å²) in [5.41, 5.74) is 6.81. The summed E-state index contributed by atoms with van der Waals surface area (Å²) >= 11 is 0. The van der Waals surface area contributed by atoms with Crippen LogP contribution in [0.3, 0.4) is 0 Å². The number of hydrogen-bond donors (Lipinski definition) is 1. The molecule has 0 radical (unpaired) electrons. The van der Waals surface area contributed by atoms with Gasteiger partial charge in [-0.05, 0) is 17.7 Å². The van der Waals surface area contributed by atoms with Gasteiger partial charge in [0.2, 0.25) is 5.92 Å². The van der Waals surface area contributed by atoms with Crippen LogP contribution in [0.25, 0.3) is 10.9 Å². The third kappa shape index (κ3) is 1.68. The summed E-state index contributed by atoms with van der Waals surface area (Å²) in [6.07, 6.45) is 1.34. The highest BCUT2D eigenvalue weighted by atomic mass is 19.3. The second kappa shape index (κ2) is 3.72. The van der Waals surface area contributed by atoms with Crippen LogP contribution in [0.2, 0.25) is 0 Å². The van der Waals surface area contributed by atoms with Crippen molar-refractivity contribution >= 4 is 10.9 Å². The minimum atomic E-state index is -2.58. The van der Waals surface area contributed by atoms with Gasteiger partial charge in [-0.15, -0.1) is 0 Å². The van der Waals surface area contributed by atoms with E-state index in [-0.39, 0.29) is 19.4 Å². The monoisotopic (exact) mass is 248 g/mol. The van der Waals surface area contributed by atoms with Gasteiger partial charge in [0.15, 0.2) is 0 Å². The van der Waals surface area contributed by atoms with Gasteiger partial charge in [-0.1, -0.05) is 18.2 Å². The molecule has 1 aliphatic carbocycles. The zero-order valence-corrected chi connectivity index (χ0v) is 9.87. The molecule has 0 bridgehead atoms. The van der Waals surface area contributed by atoms with Crippen LogP contribution in [-0.4, -0.2) is 17.5 Å². The fourth-order valence-corrected chi connectivity index (χ4v) is 2.77. The molecule has 0 atom stereocenters. The third-order valence-electron chi connectivity index (χ3n) is 3.79. The molecule has 1 aromatic carbocycles. The van der Waals surface area contributed by atoms with Crippen molar-refractivity contribution in [3.05, 3.63) is 42.1 Å². The fourth-order valence-electron chi connectivity index (χ4n) is 2.77. The third-order valence-corrected chi connectivity index (χ3v) is 3.79. The average molecular weight is 248 g/mol. The first-order valence-corrected chi connectivity index (χ1v) is 5.98. The summed E-state index contributed by atoms with van der Waals surface area (Å²) in [4.78, 5) is 4.32. The number of nitrogens with two attached hydrogens (primary N) is 1. The zero-order valence-electron chi connectivity index (χ0n) is 9.87. The van der Waals surface area contributed by atoms with E-state index in [0.29, 0.717) is 0 Å². The molecule has 1 heterocycles. The molecule has 3 rings (SSSR count). The number of pyridine rings is 1. The minimum Gasteiger partial charge on any atom is -0.330 e. The topological polar surface area (TPSA) is 38.9 Å². The van der Waals surface area contributed by atoms with E-state index in [1.54, 1.807) is 6.20 Å². The van der Waals surface area contributed by atoms with Gasteiger partial charge in [0, 0.05) is 36.4 Å². The van der Waals surface area contributed by atoms with Gasteiger partial charge in [0.1, 0.15) is 0 Å². The Morgan fingerprint density at radius 3 is 2.61 bits per heavy atom. The Bertz CT molecular complexity index is 587. The summed E-state index contributed by atoms with van der Waals surface area (Å²) in [5, 5.41) is 0.970. The number of rotatable bonds is 2. The number of alkyl halides is 2. The molecule has 0 aliphatic heterocycles. The molecule has 2 nitrogen and oxygen atoms in total. The number of para-hydroxylation sites is 1. The van der Waals surface area contributed by atoms with Gasteiger partial charge in [0.05, 0.1) is 5.52 Å². The van der Waals surface area contributed by atoms with Crippen molar-refractivity contribution in [3.8, 4) is 0 Å². The maximum Gasteiger partial charge on any atom is 0.250 e. The molecule has 2 N–H and O–H groups in total. The molecule has 2 aromatic rings. The van der Waals surface area contributed by atoms with Crippen molar-refractivity contribution in [2.75, 3.05) is 6.54 Å². The Labute approximate surface area is 104 Å². The number of aromatic nitrogens is 1. The van der Waals surface area contributed by atoms with Crippen LogP contribution < -0.4 is 5.73 Å². The Balaban J connectivity index is 2.04. The van der Waals surface area contributed by atoms with Gasteiger partial charge in [-0.25, -0.2) is 8.78 Å². The van der Waals surface area contributed by atoms with Crippen LogP contribution in [0.15, 0.2) is 36.5 Å². The van der Waals surface area contributed by atoms with Gasteiger partial charge in [-0.2, -0.15) is 0 Å². The highest BCUT2D eigenvalue weighted by Crippen LogP contribution is 2.52. The fraction of sp³-hybridized carbons (Fsp3) is 0.357. The molecule has 1 aromatic heterocycles. The first kappa shape index (κ1) is 11.5. The Morgan fingerprint density at radius 2 is 1.94 bits per heavy atom. The van der Waals surface area contributed by atoms with Crippen LogP contribution in [0, 0.1) is 0 Å². The number of halogens is 2. The van der Waals surface area contributed by atoms with Gasteiger partial charge < -0.3 is 5.73 Å². The Morgan fingerprint density at radius 1 is 1.22 bits per heavy atom. The normalized spacial score (nSPS) is 20.6. The predicted octanol–water partition coefficient (Wildman–Crippen LogP) is 2.86. The van der Waals surface area contributed by atoms with Crippen molar-refractivity contribution in [2.45, 2.75) is 24.2 Å². The number of benzene rings is 1. The van der Waals surface area contributed by atoms with E-state index in [1.165, 1.54) is 0 Å². The van der Waals surface area contributed by atoms with E-state index in [2.05, 4.69) is 4.98 Å². The molecule has 1 aliphatic rings. The molecule has 4 heteroatoms. The van der Waals surface area contributed by atoms with Crippen molar-refractivity contribution in [2.24, 2.45) is 5.73 Å². The van der Waals surface area contributed by atoms with Crippen molar-refractivity contribution < 1.29 is 8.78 Å². The summed E-state index contributed by atoms with van der Waals surface area (Å²) in [7, 11) is 0. The Kier molecular flexibility index (Phi) is 2.38. The summed E-state index contributed by atoms with van der Waals surface area (Å²) in [5.74, 6) is -2.58. The summed E-state index contributed by atoms with van der Waals surface area (Å²) in [6, 6.07) is 9.60. The summed E-state index contributed by atoms with van der Waals surface area (Å²) in [6.45, 7) is 0.239. The average Bonchev–Trinajstić information content (AvgIpc) is 2.34. The first-order valence-electron chi connectivity index (χ1n) is 5.98. The molecule has 0 unspecified atom stereocenters. The second-order valence-electron chi connectivity index (χ2n) is 5.11. The van der Waals surface area contributed by atoms with Crippen LogP contribution in [-0.2, 0) is 5.41 Å². The van der Waals surface area contributed by atoms with Gasteiger partial charge in [0.25, 0.3) is 0 Å². The zero-order chi connectivity index (χ0) is 12.8. The van der Waals surface area contributed by atoms with Gasteiger partial charge >= 0.3 is 0 Å². The molecular formula is C14H14F2N2. The molecule has 1 saturated carbocycles. The van der Waals surface area contributed by atoms with Crippen molar-refractivity contribution in [1.82, 2.24) is 4.98 Å². The Hall–Kier alpha value is -1.55. The molecule has 94 valence electrons. The van der Waals surface area contributed by atoms with Crippen LogP contribution in [0.4, 0.5) is 8.78 Å². The molecule has 18 heavy (non-hydrogen) atoms. The lowest BCUT2D eigenvalue weighted by molar-refractivity contribution is -0.123. The maximum absolute atomic E-state index is 13.1. The molecule has 0 saturated heterocycles. The highest BCUT2D eigenvalue weighted by molar-refractivity contribution is 5.79. The van der Waals surface area contributed by atoms with E-state index in [1.807, 2.05) is 30.3 Å². The SMILES string of the molecule is NCC1(c2cnc3ccccc3c2)CC(F)(F)C1. The first-order chi connectivity index (χ1) is 8.55. The van der Waals surface area contributed by atoms with E-state index < -0.39 is 11.3 Å². The van der Waals surface area contributed by atoms with E-state index in [0.717, 1.165) is 16.5 Å². The maximum atomic E-state index is 13.1. The van der Waals surface area contributed by atoms with Crippen molar-refractivity contribution in [1.29, 1.82) is 0 Å². The predicted molar refractivity (Wildman–Crippen MR) is 66.7 cm³/mol. The number of fused-ring (bicyclic) bond motifs is 1. The largest absolute Gasteiger partial charge is 0.330 e. The van der Waals surface area contributed by atoms with E-state index in [9.17, 15) is 8.78 Å². The van der Waals surface area contributed by atoms with Crippen LogP contribution in [0.5, 0.6) is 0 Å². The highest BCUT2D eigenvalue weighted by Gasteiger charge is 2.56. The molecule has 0 spiro atoms. The lowest BCUT2D eigenvalue weighted by atomic mass is 9.62. The van der Waals surface area contributed by atoms with E-state index in [4.69, 9.17) is 5.73 Å². The minimum absolute atomic E-state index is 0.170. The molecule has 1 fully saturated rings. The number of nitrogens with zero attached hydrogens (tertiary/aromatic N) is 1. The quantitative estimate of drug-likeness (QED) is 0.887. The van der Waals surface area contributed by atoms with Crippen molar-refractivity contribution in [3.63, 3.8) is 0 Å². The lowest BCUT2D eigenvalue weighted by Gasteiger charge is -2.47. The molecular weight excluding hydrogens is 234 g/mol. The van der Waals surface area contributed by atoms with Crippen LogP contribution in [0.1, 0.15) is 18.4 Å². The lowest BCUT2D eigenvalue weighted by Crippen LogP contribution is -2.53. The second-order valence-corrected chi connectivity index (χ2v) is 5.11. The smallest absolute Gasteiger partial charge is 0.250 e.